The van der Waals surface area contributed by atoms with Crippen LogP contribution in [0.25, 0.3) is 0 Å². The van der Waals surface area contributed by atoms with Gasteiger partial charge >= 0.3 is 0 Å². The summed E-state index contributed by atoms with van der Waals surface area (Å²) in [5.74, 6) is -1.22. The van der Waals surface area contributed by atoms with E-state index >= 15 is 0 Å². The van der Waals surface area contributed by atoms with Crippen molar-refractivity contribution >= 4 is 5.91 Å². The van der Waals surface area contributed by atoms with E-state index in [9.17, 15) is 13.6 Å². The number of rotatable bonds is 2. The monoisotopic (exact) mass is 266 g/mol. The summed E-state index contributed by atoms with van der Waals surface area (Å²) in [6.07, 6.45) is 2.89. The second-order valence-corrected chi connectivity index (χ2v) is 5.38. The first-order valence-corrected chi connectivity index (χ1v) is 6.59. The van der Waals surface area contributed by atoms with E-state index in [2.05, 4.69) is 0 Å². The van der Waals surface area contributed by atoms with Gasteiger partial charge in [0.1, 0.15) is 11.6 Å². The fraction of sp³-hybridized carbons (Fsp3) is 0.500. The molecular weight excluding hydrogens is 250 g/mol. The lowest BCUT2D eigenvalue weighted by Crippen LogP contribution is -2.49. The lowest BCUT2D eigenvalue weighted by Gasteiger charge is -2.40. The summed E-state index contributed by atoms with van der Waals surface area (Å²) in [6.45, 7) is 0. The molecule has 2 N–H and O–H groups in total. The molecule has 0 spiro atoms. The maximum atomic E-state index is 13.4. The Morgan fingerprint density at radius 3 is 2.32 bits per heavy atom. The number of carbonyl (C=O) groups excluding carboxylic acids is 1. The number of hydrogen-bond donors (Lipinski definition) is 1. The van der Waals surface area contributed by atoms with Gasteiger partial charge in [-0.3, -0.25) is 4.79 Å². The van der Waals surface area contributed by atoms with Crippen molar-refractivity contribution in [1.29, 1.82) is 0 Å². The highest BCUT2D eigenvalue weighted by Crippen LogP contribution is 2.40. The molecule has 1 heterocycles. The summed E-state index contributed by atoms with van der Waals surface area (Å²) in [5, 5.41) is 0. The molecule has 19 heavy (non-hydrogen) atoms. The van der Waals surface area contributed by atoms with E-state index in [1.165, 1.54) is 12.1 Å². The van der Waals surface area contributed by atoms with Crippen molar-refractivity contribution in [2.24, 2.45) is 5.73 Å². The summed E-state index contributed by atoms with van der Waals surface area (Å²) in [5.41, 5.74) is 6.55. The predicted molar refractivity (Wildman–Crippen MR) is 66.2 cm³/mol. The number of benzene rings is 1. The van der Waals surface area contributed by atoms with Gasteiger partial charge in [-0.15, -0.1) is 0 Å². The second kappa shape index (κ2) is 4.56. The van der Waals surface area contributed by atoms with Gasteiger partial charge < -0.3 is 10.6 Å². The SMILES string of the molecule is NC1CCC(=O)N(C2CC2)C1c1cc(F)cc(F)c1. The zero-order valence-electron chi connectivity index (χ0n) is 10.5. The van der Waals surface area contributed by atoms with Crippen LogP contribution in [0.2, 0.25) is 0 Å². The van der Waals surface area contributed by atoms with Crippen LogP contribution in [0.5, 0.6) is 0 Å². The minimum Gasteiger partial charge on any atom is -0.331 e. The highest BCUT2D eigenvalue weighted by molar-refractivity contribution is 5.78. The molecule has 2 atom stereocenters. The van der Waals surface area contributed by atoms with Gasteiger partial charge in [0, 0.05) is 24.6 Å². The van der Waals surface area contributed by atoms with Gasteiger partial charge in [-0.05, 0) is 37.0 Å². The predicted octanol–water partition coefficient (Wildman–Crippen LogP) is 2.12. The van der Waals surface area contributed by atoms with E-state index in [4.69, 9.17) is 5.73 Å². The molecular formula is C14H16F2N2O. The van der Waals surface area contributed by atoms with Crippen molar-refractivity contribution in [3.63, 3.8) is 0 Å². The standard InChI is InChI=1S/C14H16F2N2O/c15-9-5-8(6-10(16)7-9)14-12(17)3-4-13(19)18(14)11-1-2-11/h5-7,11-12,14H,1-4,17H2. The van der Waals surface area contributed by atoms with Crippen LogP contribution >= 0.6 is 0 Å². The fourth-order valence-corrected chi connectivity index (χ4v) is 2.88. The van der Waals surface area contributed by atoms with E-state index in [1.807, 2.05) is 0 Å². The lowest BCUT2D eigenvalue weighted by molar-refractivity contribution is -0.138. The molecule has 1 saturated carbocycles. The van der Waals surface area contributed by atoms with Gasteiger partial charge in [0.25, 0.3) is 0 Å². The fourth-order valence-electron chi connectivity index (χ4n) is 2.88. The third kappa shape index (κ3) is 2.34. The van der Waals surface area contributed by atoms with E-state index < -0.39 is 17.7 Å². The average molecular weight is 266 g/mol. The van der Waals surface area contributed by atoms with Gasteiger partial charge in [0.15, 0.2) is 0 Å². The number of likely N-dealkylation sites (tertiary alicyclic amines) is 1. The number of hydrogen-bond acceptors (Lipinski definition) is 2. The molecule has 3 nitrogen and oxygen atoms in total. The van der Waals surface area contributed by atoms with Crippen LogP contribution in [-0.2, 0) is 4.79 Å². The van der Waals surface area contributed by atoms with Crippen molar-refractivity contribution in [2.75, 3.05) is 0 Å². The molecule has 1 aliphatic carbocycles. The maximum absolute atomic E-state index is 13.4. The van der Waals surface area contributed by atoms with Crippen LogP contribution in [0, 0.1) is 11.6 Å². The second-order valence-electron chi connectivity index (χ2n) is 5.38. The van der Waals surface area contributed by atoms with Crippen LogP contribution in [0.15, 0.2) is 18.2 Å². The average Bonchev–Trinajstić information content (AvgIpc) is 3.14. The molecule has 2 unspecified atom stereocenters. The number of piperidine rings is 1. The smallest absolute Gasteiger partial charge is 0.223 e. The Kier molecular flexibility index (Phi) is 3.01. The molecule has 0 radical (unpaired) electrons. The molecule has 2 fully saturated rings. The highest BCUT2D eigenvalue weighted by atomic mass is 19.1. The Morgan fingerprint density at radius 1 is 1.11 bits per heavy atom. The van der Waals surface area contributed by atoms with Crippen LogP contribution in [0.4, 0.5) is 8.78 Å². The zero-order valence-corrected chi connectivity index (χ0v) is 10.5. The Hall–Kier alpha value is -1.49. The van der Waals surface area contributed by atoms with Crippen molar-refractivity contribution in [2.45, 2.75) is 43.8 Å². The summed E-state index contributed by atoms with van der Waals surface area (Å²) >= 11 is 0. The van der Waals surface area contributed by atoms with Crippen LogP contribution in [-0.4, -0.2) is 22.9 Å². The highest BCUT2D eigenvalue weighted by Gasteiger charge is 2.43. The number of carbonyl (C=O) groups is 1. The Labute approximate surface area is 110 Å². The van der Waals surface area contributed by atoms with Crippen molar-refractivity contribution < 1.29 is 13.6 Å². The Balaban J connectivity index is 2.00. The van der Waals surface area contributed by atoms with Crippen LogP contribution in [0.1, 0.15) is 37.3 Å². The summed E-state index contributed by atoms with van der Waals surface area (Å²) in [4.78, 5) is 13.8. The quantitative estimate of drug-likeness (QED) is 0.891. The zero-order chi connectivity index (χ0) is 13.6. The van der Waals surface area contributed by atoms with E-state index in [-0.39, 0.29) is 18.0 Å². The molecule has 0 aromatic heterocycles. The molecule has 1 aromatic rings. The van der Waals surface area contributed by atoms with Gasteiger partial charge in [-0.1, -0.05) is 0 Å². The third-order valence-electron chi connectivity index (χ3n) is 3.85. The van der Waals surface area contributed by atoms with Crippen LogP contribution in [0.3, 0.4) is 0 Å². The normalized spacial score (nSPS) is 27.7. The van der Waals surface area contributed by atoms with Crippen LogP contribution < -0.4 is 5.73 Å². The summed E-state index contributed by atoms with van der Waals surface area (Å²) in [6, 6.07) is 2.92. The molecule has 1 aromatic carbocycles. The number of amides is 1. The Bertz CT molecular complexity index is 496. The number of nitrogens with two attached hydrogens (primary N) is 1. The molecule has 2 aliphatic rings. The van der Waals surface area contributed by atoms with E-state index in [1.54, 1.807) is 4.90 Å². The molecule has 3 rings (SSSR count). The minimum atomic E-state index is -0.629. The lowest BCUT2D eigenvalue weighted by atomic mass is 9.90. The van der Waals surface area contributed by atoms with E-state index in [0.29, 0.717) is 18.4 Å². The minimum absolute atomic E-state index is 0.0406. The van der Waals surface area contributed by atoms with Crippen molar-refractivity contribution in [1.82, 2.24) is 4.90 Å². The van der Waals surface area contributed by atoms with Gasteiger partial charge in [0.05, 0.1) is 6.04 Å². The van der Waals surface area contributed by atoms with Gasteiger partial charge in [-0.25, -0.2) is 8.78 Å². The first kappa shape index (κ1) is 12.5. The number of nitrogens with zero attached hydrogens (tertiary/aromatic N) is 1. The topological polar surface area (TPSA) is 46.3 Å². The largest absolute Gasteiger partial charge is 0.331 e. The summed E-state index contributed by atoms with van der Waals surface area (Å²) < 4.78 is 26.7. The molecule has 1 saturated heterocycles. The molecule has 1 amide bonds. The molecule has 1 aliphatic heterocycles. The van der Waals surface area contributed by atoms with Gasteiger partial charge in [-0.2, -0.15) is 0 Å². The number of halogens is 2. The molecule has 5 heteroatoms. The first-order valence-electron chi connectivity index (χ1n) is 6.59. The van der Waals surface area contributed by atoms with Crippen molar-refractivity contribution in [3.05, 3.63) is 35.4 Å². The van der Waals surface area contributed by atoms with E-state index in [0.717, 1.165) is 18.9 Å². The maximum Gasteiger partial charge on any atom is 0.223 e. The Morgan fingerprint density at radius 2 is 1.74 bits per heavy atom. The summed E-state index contributed by atoms with van der Waals surface area (Å²) in [7, 11) is 0. The third-order valence-corrected chi connectivity index (χ3v) is 3.85. The molecule has 0 bridgehead atoms. The van der Waals surface area contributed by atoms with Gasteiger partial charge in [0.2, 0.25) is 5.91 Å². The molecule has 102 valence electrons. The van der Waals surface area contributed by atoms with Crippen molar-refractivity contribution in [3.8, 4) is 0 Å². The first-order chi connectivity index (χ1) is 9.06.